The van der Waals surface area contributed by atoms with Crippen LogP contribution in [0.3, 0.4) is 0 Å². The molecule has 3 nitrogen and oxygen atoms in total. The molecule has 1 unspecified atom stereocenters. The summed E-state index contributed by atoms with van der Waals surface area (Å²) in [6.45, 7) is 5.27. The number of hydrogen-bond acceptors (Lipinski definition) is 3. The highest BCUT2D eigenvalue weighted by Gasteiger charge is 2.43. The van der Waals surface area contributed by atoms with Gasteiger partial charge in [-0.15, -0.1) is 24.8 Å². The standard InChI is InChI=1S/C23H28Cl2N2O.2ClH/c1-26-11-13-27(14-12-26)16-20(23(28)9-2-10-23)18-5-3-17(4-6-18)19-7-8-21(24)22(25)15-19;;/h3-8,15,20,28H,2,9-14,16H2,1H3;2*1H. The van der Waals surface area contributed by atoms with Gasteiger partial charge in [0.05, 0.1) is 15.6 Å². The molecule has 2 aromatic rings. The normalized spacial score (nSPS) is 19.9. The number of nitrogens with zero attached hydrogens (tertiary/aromatic N) is 2. The van der Waals surface area contributed by atoms with E-state index < -0.39 is 5.60 Å². The second-order valence-electron chi connectivity index (χ2n) is 8.36. The molecule has 2 aliphatic rings. The second kappa shape index (κ2) is 10.9. The number of benzene rings is 2. The van der Waals surface area contributed by atoms with Crippen molar-refractivity contribution in [2.75, 3.05) is 39.8 Å². The molecule has 1 N–H and O–H groups in total. The van der Waals surface area contributed by atoms with Gasteiger partial charge in [0.2, 0.25) is 0 Å². The van der Waals surface area contributed by atoms with Crippen LogP contribution in [0.1, 0.15) is 30.7 Å². The van der Waals surface area contributed by atoms with E-state index in [9.17, 15) is 5.11 Å². The van der Waals surface area contributed by atoms with Crippen LogP contribution in [0, 0.1) is 0 Å². The highest BCUT2D eigenvalue weighted by atomic mass is 35.5. The average molecular weight is 492 g/mol. The first-order chi connectivity index (χ1) is 13.4. The van der Waals surface area contributed by atoms with Crippen LogP contribution >= 0.6 is 48.0 Å². The Morgan fingerprint density at radius 3 is 2.03 bits per heavy atom. The lowest BCUT2D eigenvalue weighted by molar-refractivity contribution is -0.0665. The summed E-state index contributed by atoms with van der Waals surface area (Å²) in [5.41, 5.74) is 2.83. The summed E-state index contributed by atoms with van der Waals surface area (Å²) in [7, 11) is 2.18. The fourth-order valence-electron chi connectivity index (χ4n) is 4.35. The van der Waals surface area contributed by atoms with E-state index in [0.29, 0.717) is 10.0 Å². The van der Waals surface area contributed by atoms with Gasteiger partial charge in [0, 0.05) is 38.6 Å². The molecule has 0 spiro atoms. The molecule has 1 atom stereocenters. The Labute approximate surface area is 202 Å². The zero-order valence-electron chi connectivity index (χ0n) is 17.2. The van der Waals surface area contributed by atoms with E-state index in [1.54, 1.807) is 0 Å². The fourth-order valence-corrected chi connectivity index (χ4v) is 4.64. The lowest BCUT2D eigenvalue weighted by Crippen LogP contribution is -2.51. The molecule has 2 fully saturated rings. The lowest BCUT2D eigenvalue weighted by Gasteiger charge is -2.46. The highest BCUT2D eigenvalue weighted by molar-refractivity contribution is 6.42. The maximum Gasteiger partial charge on any atom is 0.0728 e. The molecule has 2 aromatic carbocycles. The molecule has 1 saturated carbocycles. The van der Waals surface area contributed by atoms with Crippen molar-refractivity contribution in [1.82, 2.24) is 9.80 Å². The molecule has 4 rings (SSSR count). The van der Waals surface area contributed by atoms with Crippen LogP contribution in [0.4, 0.5) is 0 Å². The Kier molecular flexibility index (Phi) is 9.33. The van der Waals surface area contributed by atoms with Gasteiger partial charge in [-0.05, 0) is 55.1 Å². The van der Waals surface area contributed by atoms with E-state index in [1.165, 1.54) is 5.56 Å². The zero-order chi connectivity index (χ0) is 19.7. The van der Waals surface area contributed by atoms with Crippen molar-refractivity contribution in [3.8, 4) is 11.1 Å². The number of aliphatic hydroxyl groups is 1. The lowest BCUT2D eigenvalue weighted by atomic mass is 9.68. The van der Waals surface area contributed by atoms with Crippen molar-refractivity contribution in [1.29, 1.82) is 0 Å². The molecule has 1 aliphatic heterocycles. The smallest absolute Gasteiger partial charge is 0.0728 e. The van der Waals surface area contributed by atoms with Crippen molar-refractivity contribution < 1.29 is 5.11 Å². The largest absolute Gasteiger partial charge is 0.389 e. The first-order valence-corrected chi connectivity index (χ1v) is 10.9. The summed E-state index contributed by atoms with van der Waals surface area (Å²) in [6, 6.07) is 14.3. The predicted octanol–water partition coefficient (Wildman–Crippen LogP) is 5.75. The summed E-state index contributed by atoms with van der Waals surface area (Å²) in [4.78, 5) is 4.88. The molecule has 0 amide bonds. The van der Waals surface area contributed by atoms with Gasteiger partial charge in [0.25, 0.3) is 0 Å². The van der Waals surface area contributed by atoms with E-state index in [4.69, 9.17) is 23.2 Å². The molecule has 30 heavy (non-hydrogen) atoms. The monoisotopic (exact) mass is 490 g/mol. The van der Waals surface area contributed by atoms with Crippen LogP contribution in [-0.4, -0.2) is 60.3 Å². The van der Waals surface area contributed by atoms with Gasteiger partial charge in [-0.3, -0.25) is 0 Å². The summed E-state index contributed by atoms with van der Waals surface area (Å²) in [5, 5.41) is 12.3. The molecule has 7 heteroatoms. The molecule has 166 valence electrons. The molecule has 1 heterocycles. The maximum atomic E-state index is 11.2. The molecule has 0 bridgehead atoms. The van der Waals surface area contributed by atoms with Crippen molar-refractivity contribution in [3.05, 3.63) is 58.1 Å². The van der Waals surface area contributed by atoms with E-state index >= 15 is 0 Å². The van der Waals surface area contributed by atoms with Gasteiger partial charge < -0.3 is 14.9 Å². The van der Waals surface area contributed by atoms with Gasteiger partial charge >= 0.3 is 0 Å². The van der Waals surface area contributed by atoms with Crippen LogP contribution in [0.25, 0.3) is 11.1 Å². The third-order valence-electron chi connectivity index (χ3n) is 6.47. The van der Waals surface area contributed by atoms with E-state index in [-0.39, 0.29) is 30.7 Å². The van der Waals surface area contributed by atoms with E-state index in [0.717, 1.165) is 63.1 Å². The van der Waals surface area contributed by atoms with Crippen molar-refractivity contribution >= 4 is 48.0 Å². The second-order valence-corrected chi connectivity index (χ2v) is 9.18. The number of likely N-dealkylation sites (N-methyl/N-ethyl adjacent to an activating group) is 1. The first kappa shape index (κ1) is 25.7. The Morgan fingerprint density at radius 2 is 1.50 bits per heavy atom. The first-order valence-electron chi connectivity index (χ1n) is 10.1. The van der Waals surface area contributed by atoms with Crippen LogP contribution < -0.4 is 0 Å². The molecule has 0 aromatic heterocycles. The Morgan fingerprint density at radius 1 is 0.900 bits per heavy atom. The summed E-state index contributed by atoms with van der Waals surface area (Å²) in [6.07, 6.45) is 2.93. The molecule has 0 radical (unpaired) electrons. The third-order valence-corrected chi connectivity index (χ3v) is 7.21. The summed E-state index contributed by atoms with van der Waals surface area (Å²) >= 11 is 12.2. The number of halogens is 4. The minimum atomic E-state index is -0.561. The molecular formula is C23H30Cl4N2O. The molecule has 1 saturated heterocycles. The molecular weight excluding hydrogens is 462 g/mol. The Balaban J connectivity index is 0.00000160. The minimum absolute atomic E-state index is 0. The van der Waals surface area contributed by atoms with Crippen molar-refractivity contribution in [3.63, 3.8) is 0 Å². The van der Waals surface area contributed by atoms with Gasteiger partial charge in [-0.25, -0.2) is 0 Å². The predicted molar refractivity (Wildman–Crippen MR) is 132 cm³/mol. The van der Waals surface area contributed by atoms with E-state index in [1.807, 2.05) is 18.2 Å². The maximum absolute atomic E-state index is 11.2. The quantitative estimate of drug-likeness (QED) is 0.576. The zero-order valence-corrected chi connectivity index (χ0v) is 20.3. The summed E-state index contributed by atoms with van der Waals surface area (Å²) in [5.74, 6) is 0.160. The highest BCUT2D eigenvalue weighted by Crippen LogP contribution is 2.44. The third kappa shape index (κ3) is 5.63. The van der Waals surface area contributed by atoms with Crippen LogP contribution in [0.5, 0.6) is 0 Å². The Bertz CT molecular complexity index is 818. The SMILES string of the molecule is CN1CCN(CC(c2ccc(-c3ccc(Cl)c(Cl)c3)cc2)C2(O)CCC2)CC1.Cl.Cl. The summed E-state index contributed by atoms with van der Waals surface area (Å²) < 4.78 is 0. The van der Waals surface area contributed by atoms with Gasteiger partial charge in [-0.2, -0.15) is 0 Å². The van der Waals surface area contributed by atoms with Crippen LogP contribution in [0.15, 0.2) is 42.5 Å². The fraction of sp³-hybridized carbons (Fsp3) is 0.478. The number of hydrogen-bond donors (Lipinski definition) is 1. The number of rotatable bonds is 5. The topological polar surface area (TPSA) is 26.7 Å². The van der Waals surface area contributed by atoms with Gasteiger partial charge in [-0.1, -0.05) is 53.5 Å². The van der Waals surface area contributed by atoms with Gasteiger partial charge in [0.1, 0.15) is 0 Å². The average Bonchev–Trinajstić information content (AvgIpc) is 2.68. The molecule has 1 aliphatic carbocycles. The van der Waals surface area contributed by atoms with Crippen molar-refractivity contribution in [2.45, 2.75) is 30.8 Å². The van der Waals surface area contributed by atoms with Crippen LogP contribution in [0.2, 0.25) is 10.0 Å². The van der Waals surface area contributed by atoms with E-state index in [2.05, 4.69) is 41.1 Å². The van der Waals surface area contributed by atoms with Crippen LogP contribution in [-0.2, 0) is 0 Å². The number of piperazine rings is 1. The van der Waals surface area contributed by atoms with Crippen molar-refractivity contribution in [2.24, 2.45) is 0 Å². The van der Waals surface area contributed by atoms with Gasteiger partial charge in [0.15, 0.2) is 0 Å². The minimum Gasteiger partial charge on any atom is -0.389 e. The Hall–Kier alpha value is -0.520.